The third-order valence-electron chi connectivity index (χ3n) is 4.95. The van der Waals surface area contributed by atoms with Crippen molar-refractivity contribution in [3.05, 3.63) is 59.2 Å². The van der Waals surface area contributed by atoms with Crippen LogP contribution in [0.5, 0.6) is 5.75 Å². The molecule has 0 fully saturated rings. The van der Waals surface area contributed by atoms with Gasteiger partial charge in [0.15, 0.2) is 0 Å². The lowest BCUT2D eigenvalue weighted by Crippen LogP contribution is -2.50. The van der Waals surface area contributed by atoms with Crippen LogP contribution in [0.3, 0.4) is 0 Å². The molecule has 2 atom stereocenters. The Morgan fingerprint density at radius 2 is 1.96 bits per heavy atom. The number of aryl methyl sites for hydroxylation is 1. The number of ether oxygens (including phenoxy) is 1. The van der Waals surface area contributed by atoms with Gasteiger partial charge in [0.25, 0.3) is 0 Å². The van der Waals surface area contributed by atoms with Gasteiger partial charge in [0.2, 0.25) is 0 Å². The van der Waals surface area contributed by atoms with E-state index in [2.05, 4.69) is 11.4 Å². The predicted octanol–water partition coefficient (Wildman–Crippen LogP) is 2.83. The lowest BCUT2D eigenvalue weighted by molar-refractivity contribution is -0.0532. The highest BCUT2D eigenvalue weighted by Crippen LogP contribution is 2.42. The first-order valence-electron chi connectivity index (χ1n) is 9.04. The maximum absolute atomic E-state index is 11.6. The minimum Gasteiger partial charge on any atom is -0.485 e. The minimum atomic E-state index is -3.09. The molecule has 1 heterocycles. The standard InChI is InChI=1S/C21H24N2O4S/c1-21(2)20(24)19(16-12-14(13-22)8-9-18(16)27-21)23-17-7-5-4-6-15(17)10-11-28(3,25)26/h4-9,12,19-20,23-24H,10-11H2,1-3H3/t19-,20+/m0/s1. The number of benzene rings is 2. The second-order valence-corrected chi connectivity index (χ2v) is 9.93. The van der Waals surface area contributed by atoms with Crippen LogP contribution in [0.1, 0.15) is 36.6 Å². The number of hydrogen-bond donors (Lipinski definition) is 2. The maximum Gasteiger partial charge on any atom is 0.147 e. The van der Waals surface area contributed by atoms with Crippen molar-refractivity contribution in [2.75, 3.05) is 17.3 Å². The van der Waals surface area contributed by atoms with Crippen molar-refractivity contribution in [2.24, 2.45) is 0 Å². The highest BCUT2D eigenvalue weighted by molar-refractivity contribution is 7.90. The summed E-state index contributed by atoms with van der Waals surface area (Å²) in [6.45, 7) is 3.62. The zero-order valence-electron chi connectivity index (χ0n) is 16.1. The number of sulfone groups is 1. The number of aliphatic hydroxyl groups excluding tert-OH is 1. The first kappa shape index (κ1) is 20.2. The molecular formula is C21H24N2O4S. The Kier molecular flexibility index (Phi) is 5.37. The summed E-state index contributed by atoms with van der Waals surface area (Å²) < 4.78 is 29.1. The minimum absolute atomic E-state index is 0.0443. The van der Waals surface area contributed by atoms with E-state index in [-0.39, 0.29) is 5.75 Å². The summed E-state index contributed by atoms with van der Waals surface area (Å²) in [5.74, 6) is 0.656. The molecule has 7 heteroatoms. The summed E-state index contributed by atoms with van der Waals surface area (Å²) in [6.07, 6.45) is 0.709. The Hall–Kier alpha value is -2.56. The van der Waals surface area contributed by atoms with E-state index in [1.807, 2.05) is 38.1 Å². The fourth-order valence-corrected chi connectivity index (χ4v) is 3.96. The number of anilines is 1. The van der Waals surface area contributed by atoms with Crippen molar-refractivity contribution >= 4 is 15.5 Å². The van der Waals surface area contributed by atoms with Crippen LogP contribution in [0.15, 0.2) is 42.5 Å². The van der Waals surface area contributed by atoms with Crippen LogP contribution < -0.4 is 10.1 Å². The number of hydrogen-bond acceptors (Lipinski definition) is 6. The van der Waals surface area contributed by atoms with E-state index >= 15 is 0 Å². The summed E-state index contributed by atoms with van der Waals surface area (Å²) in [6, 6.07) is 14.2. The molecule has 148 valence electrons. The van der Waals surface area contributed by atoms with Gasteiger partial charge in [0, 0.05) is 17.5 Å². The highest BCUT2D eigenvalue weighted by atomic mass is 32.2. The second-order valence-electron chi connectivity index (χ2n) is 7.67. The molecular weight excluding hydrogens is 376 g/mol. The number of nitrogens with one attached hydrogen (secondary N) is 1. The van der Waals surface area contributed by atoms with Crippen molar-refractivity contribution in [1.82, 2.24) is 0 Å². The van der Waals surface area contributed by atoms with Gasteiger partial charge in [-0.2, -0.15) is 5.26 Å². The summed E-state index contributed by atoms with van der Waals surface area (Å²) in [4.78, 5) is 0. The van der Waals surface area contributed by atoms with Crippen molar-refractivity contribution in [3.63, 3.8) is 0 Å². The van der Waals surface area contributed by atoms with Crippen LogP contribution in [0, 0.1) is 11.3 Å². The molecule has 2 aromatic carbocycles. The molecule has 0 radical (unpaired) electrons. The van der Waals surface area contributed by atoms with Gasteiger partial charge in [-0.1, -0.05) is 18.2 Å². The topological polar surface area (TPSA) is 99.4 Å². The van der Waals surface area contributed by atoms with Crippen LogP contribution in [0.4, 0.5) is 5.69 Å². The largest absolute Gasteiger partial charge is 0.485 e. The number of nitrogens with zero attached hydrogens (tertiary/aromatic N) is 1. The van der Waals surface area contributed by atoms with Gasteiger partial charge >= 0.3 is 0 Å². The van der Waals surface area contributed by atoms with E-state index in [1.54, 1.807) is 18.2 Å². The molecule has 2 aromatic rings. The fourth-order valence-electron chi connectivity index (χ4n) is 3.37. The van der Waals surface area contributed by atoms with Gasteiger partial charge in [-0.3, -0.25) is 0 Å². The Bertz CT molecular complexity index is 1020. The Morgan fingerprint density at radius 3 is 2.64 bits per heavy atom. The van der Waals surface area contributed by atoms with Crippen molar-refractivity contribution in [3.8, 4) is 11.8 Å². The van der Waals surface area contributed by atoms with E-state index in [9.17, 15) is 18.8 Å². The van der Waals surface area contributed by atoms with Crippen LogP contribution in [0.25, 0.3) is 0 Å². The van der Waals surface area contributed by atoms with E-state index in [0.29, 0.717) is 23.3 Å². The monoisotopic (exact) mass is 400 g/mol. The van der Waals surface area contributed by atoms with Gasteiger partial charge < -0.3 is 15.2 Å². The third kappa shape index (κ3) is 4.29. The highest BCUT2D eigenvalue weighted by Gasteiger charge is 2.43. The zero-order chi connectivity index (χ0) is 20.5. The number of nitriles is 1. The Labute approximate surface area is 165 Å². The van der Waals surface area contributed by atoms with Gasteiger partial charge in [-0.25, -0.2) is 8.42 Å². The summed E-state index contributed by atoms with van der Waals surface area (Å²) >= 11 is 0. The molecule has 0 amide bonds. The number of rotatable bonds is 5. The smallest absolute Gasteiger partial charge is 0.147 e. The first-order chi connectivity index (χ1) is 13.1. The molecule has 0 aliphatic carbocycles. The molecule has 1 aliphatic heterocycles. The SMILES string of the molecule is CC1(C)Oc2ccc(C#N)cc2[C@H](Nc2ccccc2CCS(C)(=O)=O)[C@H]1O. The van der Waals surface area contributed by atoms with E-state index in [4.69, 9.17) is 4.74 Å². The van der Waals surface area contributed by atoms with E-state index < -0.39 is 27.6 Å². The van der Waals surface area contributed by atoms with Crippen molar-refractivity contribution in [2.45, 2.75) is 38.0 Å². The summed E-state index contributed by atoms with van der Waals surface area (Å²) in [5.41, 5.74) is 1.94. The molecule has 0 spiro atoms. The molecule has 2 N–H and O–H groups in total. The molecule has 3 rings (SSSR count). The molecule has 28 heavy (non-hydrogen) atoms. The first-order valence-corrected chi connectivity index (χ1v) is 11.1. The summed E-state index contributed by atoms with van der Waals surface area (Å²) in [7, 11) is -3.09. The van der Waals surface area contributed by atoms with Crippen molar-refractivity contribution < 1.29 is 18.3 Å². The number of fused-ring (bicyclic) bond motifs is 1. The van der Waals surface area contributed by atoms with Gasteiger partial charge in [-0.05, 0) is 50.1 Å². The van der Waals surface area contributed by atoms with Crippen LogP contribution >= 0.6 is 0 Å². The summed E-state index contributed by atoms with van der Waals surface area (Å²) in [5, 5.41) is 23.6. The normalized spacial score (nSPS) is 20.5. The van der Waals surface area contributed by atoms with Gasteiger partial charge in [-0.15, -0.1) is 0 Å². The van der Waals surface area contributed by atoms with E-state index in [0.717, 1.165) is 11.3 Å². The molecule has 0 aromatic heterocycles. The zero-order valence-corrected chi connectivity index (χ0v) is 17.0. The quantitative estimate of drug-likeness (QED) is 0.801. The van der Waals surface area contributed by atoms with Gasteiger partial charge in [0.1, 0.15) is 27.3 Å². The number of aliphatic hydroxyl groups is 1. The molecule has 0 saturated carbocycles. The fraction of sp³-hybridized carbons (Fsp3) is 0.381. The Morgan fingerprint density at radius 1 is 1.25 bits per heavy atom. The molecule has 6 nitrogen and oxygen atoms in total. The predicted molar refractivity (Wildman–Crippen MR) is 108 cm³/mol. The van der Waals surface area contributed by atoms with Crippen LogP contribution in [-0.4, -0.2) is 37.2 Å². The van der Waals surface area contributed by atoms with Crippen LogP contribution in [0.2, 0.25) is 0 Å². The van der Waals surface area contributed by atoms with Crippen molar-refractivity contribution in [1.29, 1.82) is 5.26 Å². The van der Waals surface area contributed by atoms with Gasteiger partial charge in [0.05, 0.1) is 23.4 Å². The second kappa shape index (κ2) is 7.46. The molecule has 0 unspecified atom stereocenters. The molecule has 0 saturated heterocycles. The lowest BCUT2D eigenvalue weighted by Gasteiger charge is -2.43. The lowest BCUT2D eigenvalue weighted by atomic mass is 9.85. The average molecular weight is 401 g/mol. The Balaban J connectivity index is 1.99. The third-order valence-corrected chi connectivity index (χ3v) is 5.89. The maximum atomic E-state index is 11.6. The van der Waals surface area contributed by atoms with E-state index in [1.165, 1.54) is 6.26 Å². The molecule has 0 bridgehead atoms. The van der Waals surface area contributed by atoms with Crippen LogP contribution in [-0.2, 0) is 16.3 Å². The number of para-hydroxylation sites is 1. The average Bonchev–Trinajstić information content (AvgIpc) is 2.63. The molecule has 1 aliphatic rings.